The second-order valence-corrected chi connectivity index (χ2v) is 4.33. The summed E-state index contributed by atoms with van der Waals surface area (Å²) in [5, 5.41) is 3.25. The molecule has 0 saturated carbocycles. The third-order valence-corrected chi connectivity index (χ3v) is 2.75. The van der Waals surface area contributed by atoms with Crippen LogP contribution in [0.4, 0.5) is 0 Å². The summed E-state index contributed by atoms with van der Waals surface area (Å²) < 4.78 is 0. The minimum Gasteiger partial charge on any atom is -0.319 e. The maximum Gasteiger partial charge on any atom is -0.00208 e. The average Bonchev–Trinajstić information content (AvgIpc) is 1.97. The van der Waals surface area contributed by atoms with Crippen LogP contribution < -0.4 is 5.32 Å². The summed E-state index contributed by atoms with van der Waals surface area (Å²) >= 11 is 1.95. The number of thioether (sulfide) groups is 1. The number of nitrogens with one attached hydrogen (secondary N) is 1. The monoisotopic (exact) mass is 175 g/mol. The molecule has 1 N–H and O–H groups in total. The van der Waals surface area contributed by atoms with Crippen LogP contribution in [0.2, 0.25) is 0 Å². The van der Waals surface area contributed by atoms with E-state index in [9.17, 15) is 0 Å². The van der Waals surface area contributed by atoms with Crippen molar-refractivity contribution in [3.8, 4) is 0 Å². The van der Waals surface area contributed by atoms with Crippen molar-refractivity contribution in [1.29, 1.82) is 0 Å². The lowest BCUT2D eigenvalue weighted by Gasteiger charge is -2.19. The van der Waals surface area contributed by atoms with Crippen LogP contribution in [0, 0.1) is 11.8 Å². The maximum atomic E-state index is 3.25. The summed E-state index contributed by atoms with van der Waals surface area (Å²) in [7, 11) is 2.04. The first-order chi connectivity index (χ1) is 5.22. The van der Waals surface area contributed by atoms with Crippen molar-refractivity contribution < 1.29 is 0 Å². The summed E-state index contributed by atoms with van der Waals surface area (Å²) in [5.41, 5.74) is 0. The first kappa shape index (κ1) is 11.3. The quantitative estimate of drug-likeness (QED) is 0.664. The van der Waals surface area contributed by atoms with E-state index in [0.717, 1.165) is 18.4 Å². The molecule has 0 bridgehead atoms. The fourth-order valence-electron chi connectivity index (χ4n) is 1.20. The van der Waals surface area contributed by atoms with Crippen LogP contribution in [0.15, 0.2) is 0 Å². The molecule has 0 amide bonds. The number of rotatable bonds is 6. The van der Waals surface area contributed by atoms with Gasteiger partial charge in [-0.2, -0.15) is 11.8 Å². The first-order valence-corrected chi connectivity index (χ1v) is 5.75. The van der Waals surface area contributed by atoms with Gasteiger partial charge in [-0.1, -0.05) is 13.8 Å². The molecular weight excluding hydrogens is 154 g/mol. The summed E-state index contributed by atoms with van der Waals surface area (Å²) in [6, 6.07) is 0. The van der Waals surface area contributed by atoms with E-state index >= 15 is 0 Å². The molecule has 0 aliphatic heterocycles. The van der Waals surface area contributed by atoms with E-state index in [1.807, 2.05) is 18.8 Å². The van der Waals surface area contributed by atoms with Crippen molar-refractivity contribution in [2.45, 2.75) is 20.3 Å². The van der Waals surface area contributed by atoms with Crippen LogP contribution in [0.25, 0.3) is 0 Å². The Morgan fingerprint density at radius 2 is 2.00 bits per heavy atom. The van der Waals surface area contributed by atoms with Gasteiger partial charge in [0.1, 0.15) is 0 Å². The van der Waals surface area contributed by atoms with Crippen molar-refractivity contribution in [1.82, 2.24) is 5.32 Å². The van der Waals surface area contributed by atoms with Gasteiger partial charge in [0.05, 0.1) is 0 Å². The molecule has 0 spiro atoms. The highest BCUT2D eigenvalue weighted by atomic mass is 32.2. The zero-order chi connectivity index (χ0) is 8.69. The van der Waals surface area contributed by atoms with Gasteiger partial charge in [0.25, 0.3) is 0 Å². The standard InChI is InChI=1S/C9H21NS/c1-8(2)9(7-10-3)5-6-11-4/h8-10H,5-7H2,1-4H3. The second-order valence-electron chi connectivity index (χ2n) is 3.34. The third-order valence-electron chi connectivity index (χ3n) is 2.10. The molecule has 0 aromatic rings. The van der Waals surface area contributed by atoms with Crippen molar-refractivity contribution in [3.63, 3.8) is 0 Å². The normalized spacial score (nSPS) is 13.9. The molecule has 0 rings (SSSR count). The van der Waals surface area contributed by atoms with Gasteiger partial charge >= 0.3 is 0 Å². The van der Waals surface area contributed by atoms with Gasteiger partial charge in [-0.3, -0.25) is 0 Å². The molecule has 11 heavy (non-hydrogen) atoms. The van der Waals surface area contributed by atoms with E-state index < -0.39 is 0 Å². The molecule has 0 saturated heterocycles. The molecular formula is C9H21NS. The summed E-state index contributed by atoms with van der Waals surface area (Å²) in [6.45, 7) is 5.78. The predicted molar refractivity (Wildman–Crippen MR) is 55.3 cm³/mol. The van der Waals surface area contributed by atoms with E-state index in [0.29, 0.717) is 0 Å². The topological polar surface area (TPSA) is 12.0 Å². The minimum atomic E-state index is 0.814. The molecule has 1 atom stereocenters. The molecule has 2 heteroatoms. The van der Waals surface area contributed by atoms with E-state index in [1.54, 1.807) is 0 Å². The highest BCUT2D eigenvalue weighted by molar-refractivity contribution is 7.98. The molecule has 1 unspecified atom stereocenters. The van der Waals surface area contributed by atoms with Gasteiger partial charge in [0, 0.05) is 0 Å². The predicted octanol–water partition coefficient (Wildman–Crippen LogP) is 2.23. The Morgan fingerprint density at radius 3 is 2.36 bits per heavy atom. The van der Waals surface area contributed by atoms with Crippen molar-refractivity contribution in [2.75, 3.05) is 25.6 Å². The average molecular weight is 175 g/mol. The Kier molecular flexibility index (Phi) is 7.18. The van der Waals surface area contributed by atoms with Gasteiger partial charge in [-0.05, 0) is 43.9 Å². The SMILES string of the molecule is CNCC(CCSC)C(C)C. The van der Waals surface area contributed by atoms with E-state index in [4.69, 9.17) is 0 Å². The van der Waals surface area contributed by atoms with Crippen LogP contribution in [0.1, 0.15) is 20.3 Å². The van der Waals surface area contributed by atoms with Gasteiger partial charge < -0.3 is 5.32 Å². The summed E-state index contributed by atoms with van der Waals surface area (Å²) in [4.78, 5) is 0. The highest BCUT2D eigenvalue weighted by Crippen LogP contribution is 2.16. The van der Waals surface area contributed by atoms with Crippen LogP contribution in [-0.4, -0.2) is 25.6 Å². The van der Waals surface area contributed by atoms with E-state index in [-0.39, 0.29) is 0 Å². The van der Waals surface area contributed by atoms with E-state index in [1.165, 1.54) is 12.2 Å². The Morgan fingerprint density at radius 1 is 1.36 bits per heavy atom. The lowest BCUT2D eigenvalue weighted by molar-refractivity contribution is 0.364. The lowest BCUT2D eigenvalue weighted by Crippen LogP contribution is -2.23. The first-order valence-electron chi connectivity index (χ1n) is 4.36. The maximum absolute atomic E-state index is 3.25. The smallest absolute Gasteiger partial charge is 0.00208 e. The van der Waals surface area contributed by atoms with Crippen molar-refractivity contribution in [3.05, 3.63) is 0 Å². The van der Waals surface area contributed by atoms with E-state index in [2.05, 4.69) is 25.4 Å². The zero-order valence-corrected chi connectivity index (χ0v) is 9.00. The fourth-order valence-corrected chi connectivity index (χ4v) is 1.74. The highest BCUT2D eigenvalue weighted by Gasteiger charge is 2.10. The number of hydrogen-bond donors (Lipinski definition) is 1. The van der Waals surface area contributed by atoms with Crippen LogP contribution in [0.3, 0.4) is 0 Å². The minimum absolute atomic E-state index is 0.814. The van der Waals surface area contributed by atoms with Crippen LogP contribution in [-0.2, 0) is 0 Å². The van der Waals surface area contributed by atoms with Gasteiger partial charge in [-0.15, -0.1) is 0 Å². The van der Waals surface area contributed by atoms with Crippen molar-refractivity contribution in [2.24, 2.45) is 11.8 Å². The molecule has 0 aromatic carbocycles. The van der Waals surface area contributed by atoms with Gasteiger partial charge in [-0.25, -0.2) is 0 Å². The van der Waals surface area contributed by atoms with Gasteiger partial charge in [0.15, 0.2) is 0 Å². The van der Waals surface area contributed by atoms with Gasteiger partial charge in [0.2, 0.25) is 0 Å². The lowest BCUT2D eigenvalue weighted by atomic mass is 9.93. The Labute approximate surface area is 75.3 Å². The van der Waals surface area contributed by atoms with Crippen molar-refractivity contribution >= 4 is 11.8 Å². The molecule has 0 aliphatic carbocycles. The molecule has 0 radical (unpaired) electrons. The largest absolute Gasteiger partial charge is 0.319 e. The molecule has 0 fully saturated rings. The fraction of sp³-hybridized carbons (Fsp3) is 1.00. The summed E-state index contributed by atoms with van der Waals surface area (Å²) in [5.74, 6) is 2.96. The molecule has 1 nitrogen and oxygen atoms in total. The Bertz CT molecular complexity index is 83.6. The Hall–Kier alpha value is 0.310. The Balaban J connectivity index is 3.51. The third kappa shape index (κ3) is 5.57. The molecule has 0 aromatic heterocycles. The van der Waals surface area contributed by atoms with Crippen LogP contribution in [0.5, 0.6) is 0 Å². The number of hydrogen-bond acceptors (Lipinski definition) is 2. The molecule has 0 aliphatic rings. The molecule has 68 valence electrons. The second kappa shape index (κ2) is 6.99. The summed E-state index contributed by atoms with van der Waals surface area (Å²) in [6.07, 6.45) is 3.52. The zero-order valence-electron chi connectivity index (χ0n) is 8.18. The molecule has 0 heterocycles. The van der Waals surface area contributed by atoms with Crippen LogP contribution >= 0.6 is 11.8 Å².